The molecule has 0 aliphatic carbocycles. The maximum atomic E-state index is 14.0. The van der Waals surface area contributed by atoms with E-state index in [0.717, 1.165) is 19.5 Å². The number of benzene rings is 1. The number of piperidine rings is 2. The number of nitrogens with two attached hydrogens (primary N) is 1. The zero-order chi connectivity index (χ0) is 13.4. The van der Waals surface area contributed by atoms with Gasteiger partial charge in [0.1, 0.15) is 5.82 Å². The lowest BCUT2D eigenvalue weighted by Gasteiger charge is -2.46. The summed E-state index contributed by atoms with van der Waals surface area (Å²) in [4.78, 5) is 4.67. The maximum Gasteiger partial charge on any atom is 0.148 e. The van der Waals surface area contributed by atoms with Crippen LogP contribution >= 0.6 is 0 Å². The number of anilines is 2. The summed E-state index contributed by atoms with van der Waals surface area (Å²) in [5, 5.41) is 0. The van der Waals surface area contributed by atoms with Crippen molar-refractivity contribution < 1.29 is 4.39 Å². The van der Waals surface area contributed by atoms with Crippen LogP contribution in [0.15, 0.2) is 18.2 Å². The van der Waals surface area contributed by atoms with Gasteiger partial charge in [0.2, 0.25) is 0 Å². The van der Waals surface area contributed by atoms with Gasteiger partial charge in [-0.25, -0.2) is 4.39 Å². The monoisotopic (exact) mass is 263 g/mol. The molecule has 3 rings (SSSR count). The third kappa shape index (κ3) is 2.41. The van der Waals surface area contributed by atoms with Crippen LogP contribution in [0, 0.1) is 11.7 Å². The molecule has 1 aromatic rings. The second kappa shape index (κ2) is 5.00. The molecule has 2 heterocycles. The largest absolute Gasteiger partial charge is 0.399 e. The topological polar surface area (TPSA) is 32.5 Å². The first-order valence-corrected chi connectivity index (χ1v) is 7.15. The van der Waals surface area contributed by atoms with Crippen molar-refractivity contribution >= 4 is 11.4 Å². The molecule has 2 saturated heterocycles. The van der Waals surface area contributed by atoms with Gasteiger partial charge in [0, 0.05) is 24.8 Å². The zero-order valence-electron chi connectivity index (χ0n) is 11.5. The molecule has 4 heteroatoms. The van der Waals surface area contributed by atoms with Crippen LogP contribution in [0.3, 0.4) is 0 Å². The molecule has 19 heavy (non-hydrogen) atoms. The number of likely N-dealkylation sites (tertiary alicyclic amines) is 1. The second-order valence-corrected chi connectivity index (χ2v) is 5.90. The molecular weight excluding hydrogens is 241 g/mol. The SMILES string of the molecule is CN1CCCC2CN(c3ccc(N)cc3F)CCC21. The molecule has 1 aromatic carbocycles. The summed E-state index contributed by atoms with van der Waals surface area (Å²) in [6, 6.07) is 5.71. The molecule has 0 spiro atoms. The van der Waals surface area contributed by atoms with Crippen molar-refractivity contribution in [2.24, 2.45) is 5.92 Å². The average molecular weight is 263 g/mol. The zero-order valence-corrected chi connectivity index (χ0v) is 11.5. The van der Waals surface area contributed by atoms with Crippen LogP contribution in [0.4, 0.5) is 15.8 Å². The van der Waals surface area contributed by atoms with Crippen molar-refractivity contribution in [3.63, 3.8) is 0 Å². The van der Waals surface area contributed by atoms with Crippen LogP contribution in [0.5, 0.6) is 0 Å². The van der Waals surface area contributed by atoms with Crippen molar-refractivity contribution in [1.82, 2.24) is 4.90 Å². The van der Waals surface area contributed by atoms with E-state index in [4.69, 9.17) is 5.73 Å². The van der Waals surface area contributed by atoms with Crippen LogP contribution in [-0.4, -0.2) is 37.6 Å². The number of nitrogen functional groups attached to an aromatic ring is 1. The van der Waals surface area contributed by atoms with E-state index in [-0.39, 0.29) is 5.82 Å². The minimum atomic E-state index is -0.192. The highest BCUT2D eigenvalue weighted by Crippen LogP contribution is 2.33. The summed E-state index contributed by atoms with van der Waals surface area (Å²) in [5.41, 5.74) is 6.82. The summed E-state index contributed by atoms with van der Waals surface area (Å²) >= 11 is 0. The van der Waals surface area contributed by atoms with E-state index in [9.17, 15) is 4.39 Å². The van der Waals surface area contributed by atoms with Gasteiger partial charge >= 0.3 is 0 Å². The highest BCUT2D eigenvalue weighted by Gasteiger charge is 2.34. The predicted octanol–water partition coefficient (Wildman–Crippen LogP) is 2.33. The summed E-state index contributed by atoms with van der Waals surface area (Å²) in [7, 11) is 2.22. The fourth-order valence-corrected chi connectivity index (χ4v) is 3.65. The third-order valence-electron chi connectivity index (χ3n) is 4.66. The van der Waals surface area contributed by atoms with Gasteiger partial charge in [-0.3, -0.25) is 0 Å². The predicted molar refractivity (Wildman–Crippen MR) is 76.8 cm³/mol. The number of nitrogens with zero attached hydrogens (tertiary/aromatic N) is 2. The highest BCUT2D eigenvalue weighted by molar-refractivity contribution is 5.54. The fraction of sp³-hybridized carbons (Fsp3) is 0.600. The molecule has 3 nitrogen and oxygen atoms in total. The molecule has 2 fully saturated rings. The normalized spacial score (nSPS) is 28.2. The Bertz CT molecular complexity index is 463. The van der Waals surface area contributed by atoms with E-state index >= 15 is 0 Å². The number of fused-ring (bicyclic) bond motifs is 1. The van der Waals surface area contributed by atoms with Gasteiger partial charge in [-0.2, -0.15) is 0 Å². The molecule has 2 atom stereocenters. The Hall–Kier alpha value is -1.29. The summed E-state index contributed by atoms with van der Waals surface area (Å²) in [6.07, 6.45) is 3.66. The molecule has 2 aliphatic heterocycles. The Morgan fingerprint density at radius 3 is 2.89 bits per heavy atom. The van der Waals surface area contributed by atoms with Crippen LogP contribution in [0.1, 0.15) is 19.3 Å². The van der Waals surface area contributed by atoms with E-state index in [2.05, 4.69) is 16.8 Å². The highest BCUT2D eigenvalue weighted by atomic mass is 19.1. The van der Waals surface area contributed by atoms with Gasteiger partial charge in [0.05, 0.1) is 5.69 Å². The molecule has 0 bridgehead atoms. The number of hydrogen-bond acceptors (Lipinski definition) is 3. The Morgan fingerprint density at radius 2 is 2.11 bits per heavy atom. The first-order valence-electron chi connectivity index (χ1n) is 7.15. The van der Waals surface area contributed by atoms with Crippen molar-refractivity contribution in [3.8, 4) is 0 Å². The smallest absolute Gasteiger partial charge is 0.148 e. The minimum absolute atomic E-state index is 0.192. The number of halogens is 1. The first-order chi connectivity index (χ1) is 9.15. The molecule has 0 aromatic heterocycles. The number of rotatable bonds is 1. The molecule has 0 radical (unpaired) electrons. The molecule has 0 saturated carbocycles. The summed E-state index contributed by atoms with van der Waals surface area (Å²) in [6.45, 7) is 3.11. The lowest BCUT2D eigenvalue weighted by molar-refractivity contribution is 0.102. The van der Waals surface area contributed by atoms with E-state index in [1.54, 1.807) is 6.07 Å². The Morgan fingerprint density at radius 1 is 1.26 bits per heavy atom. The molecule has 2 N–H and O–H groups in total. The van der Waals surface area contributed by atoms with E-state index in [0.29, 0.717) is 23.3 Å². The van der Waals surface area contributed by atoms with E-state index in [1.807, 2.05) is 6.07 Å². The first kappa shape index (κ1) is 12.7. The van der Waals surface area contributed by atoms with E-state index in [1.165, 1.54) is 25.5 Å². The van der Waals surface area contributed by atoms with Crippen molar-refractivity contribution in [1.29, 1.82) is 0 Å². The van der Waals surface area contributed by atoms with Gasteiger partial charge in [0.15, 0.2) is 0 Å². The summed E-state index contributed by atoms with van der Waals surface area (Å²) < 4.78 is 14.0. The summed E-state index contributed by atoms with van der Waals surface area (Å²) in [5.74, 6) is 0.479. The maximum absolute atomic E-state index is 14.0. The minimum Gasteiger partial charge on any atom is -0.399 e. The molecular formula is C15H22FN3. The lowest BCUT2D eigenvalue weighted by Crippen LogP contribution is -2.52. The van der Waals surface area contributed by atoms with Gasteiger partial charge < -0.3 is 15.5 Å². The van der Waals surface area contributed by atoms with Gasteiger partial charge in [0.25, 0.3) is 0 Å². The molecule has 2 unspecified atom stereocenters. The van der Waals surface area contributed by atoms with Gasteiger partial charge in [-0.1, -0.05) is 0 Å². The third-order valence-corrected chi connectivity index (χ3v) is 4.66. The Labute approximate surface area is 114 Å². The lowest BCUT2D eigenvalue weighted by atomic mass is 9.84. The standard InChI is InChI=1S/C15H22FN3/c1-18-7-2-3-11-10-19(8-6-14(11)18)15-5-4-12(17)9-13(15)16/h4-5,9,11,14H,2-3,6-8,10,17H2,1H3. The molecule has 2 aliphatic rings. The van der Waals surface area contributed by atoms with Crippen LogP contribution in [0.25, 0.3) is 0 Å². The van der Waals surface area contributed by atoms with Crippen molar-refractivity contribution in [2.75, 3.05) is 37.3 Å². The van der Waals surface area contributed by atoms with Crippen LogP contribution in [0.2, 0.25) is 0 Å². The fourth-order valence-electron chi connectivity index (χ4n) is 3.65. The van der Waals surface area contributed by atoms with Gasteiger partial charge in [-0.15, -0.1) is 0 Å². The molecule has 104 valence electrons. The average Bonchev–Trinajstić information content (AvgIpc) is 2.38. The van der Waals surface area contributed by atoms with Crippen molar-refractivity contribution in [3.05, 3.63) is 24.0 Å². The Kier molecular flexibility index (Phi) is 3.35. The molecule has 0 amide bonds. The number of hydrogen-bond donors (Lipinski definition) is 1. The van der Waals surface area contributed by atoms with Crippen molar-refractivity contribution in [2.45, 2.75) is 25.3 Å². The van der Waals surface area contributed by atoms with E-state index < -0.39 is 0 Å². The second-order valence-electron chi connectivity index (χ2n) is 5.90. The van der Waals surface area contributed by atoms with Gasteiger partial charge in [-0.05, 0) is 57.0 Å². The van der Waals surface area contributed by atoms with Crippen LogP contribution in [-0.2, 0) is 0 Å². The Balaban J connectivity index is 1.77. The quantitative estimate of drug-likeness (QED) is 0.789. The van der Waals surface area contributed by atoms with Crippen LogP contribution < -0.4 is 10.6 Å².